The molecular weight excluding hydrogens is 564 g/mol. The van der Waals surface area contributed by atoms with Gasteiger partial charge in [-0.1, -0.05) is 72.6 Å². The van der Waals surface area contributed by atoms with Crippen molar-refractivity contribution in [3.05, 3.63) is 22.3 Å². The highest BCUT2D eigenvalue weighted by Gasteiger charge is 2.46. The standard InChI is InChI=1S/C35H60O9/c1-20(2)12-9-13-21(3)14-10-15-22(4)16-11-17-35(8)28(43-34(42)32(41)31(40)30(39)27(37)19-36)18-26-25(7)29(38)23(5)24(6)33(26)44-35/h20-22,27-28,30-32,36-41H,9-19H2,1-8H3/t21-,22+,27?,28?,30?,31?,32?,35-/m0/s1. The summed E-state index contributed by atoms with van der Waals surface area (Å²) >= 11 is 0. The molecule has 0 radical (unpaired) electrons. The number of phenols is 1. The van der Waals surface area contributed by atoms with Crippen molar-refractivity contribution >= 4 is 5.97 Å². The average molecular weight is 625 g/mol. The summed E-state index contributed by atoms with van der Waals surface area (Å²) in [6.07, 6.45) is 1.29. The first-order valence-corrected chi connectivity index (χ1v) is 16.6. The van der Waals surface area contributed by atoms with Crippen LogP contribution < -0.4 is 4.74 Å². The van der Waals surface area contributed by atoms with E-state index in [4.69, 9.17) is 14.6 Å². The van der Waals surface area contributed by atoms with E-state index in [1.165, 1.54) is 32.1 Å². The zero-order valence-electron chi connectivity index (χ0n) is 28.3. The number of esters is 1. The molecule has 0 fully saturated rings. The van der Waals surface area contributed by atoms with Crippen LogP contribution in [0.2, 0.25) is 0 Å². The fourth-order valence-corrected chi connectivity index (χ4v) is 6.28. The van der Waals surface area contributed by atoms with Crippen LogP contribution in [0.25, 0.3) is 0 Å². The number of benzene rings is 1. The van der Waals surface area contributed by atoms with Crippen LogP contribution in [0.15, 0.2) is 0 Å². The van der Waals surface area contributed by atoms with Gasteiger partial charge in [0.15, 0.2) is 6.10 Å². The lowest BCUT2D eigenvalue weighted by Gasteiger charge is -2.43. The van der Waals surface area contributed by atoms with Crippen molar-refractivity contribution in [3.63, 3.8) is 0 Å². The Labute approximate surface area is 264 Å². The molecule has 2 rings (SSSR count). The molecule has 44 heavy (non-hydrogen) atoms. The molecule has 9 nitrogen and oxygen atoms in total. The zero-order chi connectivity index (χ0) is 33.4. The van der Waals surface area contributed by atoms with Crippen LogP contribution in [0.4, 0.5) is 0 Å². The summed E-state index contributed by atoms with van der Waals surface area (Å²) in [6.45, 7) is 15.7. The van der Waals surface area contributed by atoms with E-state index in [1.807, 2.05) is 20.8 Å². The first kappa shape index (κ1) is 38.3. The number of hydrogen-bond donors (Lipinski definition) is 6. The van der Waals surface area contributed by atoms with Crippen LogP contribution in [0.3, 0.4) is 0 Å². The molecule has 0 bridgehead atoms. The van der Waals surface area contributed by atoms with E-state index < -0.39 is 48.7 Å². The average Bonchev–Trinajstić information content (AvgIpc) is 2.97. The van der Waals surface area contributed by atoms with E-state index in [0.717, 1.165) is 42.2 Å². The summed E-state index contributed by atoms with van der Waals surface area (Å²) in [6, 6.07) is 0. The number of hydrogen-bond acceptors (Lipinski definition) is 9. The second-order valence-corrected chi connectivity index (χ2v) is 14.1. The number of fused-ring (bicyclic) bond motifs is 1. The second-order valence-electron chi connectivity index (χ2n) is 14.1. The summed E-state index contributed by atoms with van der Waals surface area (Å²) in [4.78, 5) is 13.0. The SMILES string of the molecule is Cc1c(C)c2c(c(C)c1O)CC(OC(=O)C(O)C(O)C(O)C(O)CO)[C@](C)(CCC[C@H](C)CCC[C@@H](C)CCCC(C)C)O2. The lowest BCUT2D eigenvalue weighted by Crippen LogP contribution is -2.54. The second kappa shape index (κ2) is 17.1. The van der Waals surface area contributed by atoms with Crippen molar-refractivity contribution in [3.8, 4) is 11.5 Å². The molecule has 8 atom stereocenters. The van der Waals surface area contributed by atoms with Crippen LogP contribution in [0.5, 0.6) is 11.5 Å². The Morgan fingerprint density at radius 2 is 1.41 bits per heavy atom. The summed E-state index contributed by atoms with van der Waals surface area (Å²) in [7, 11) is 0. The predicted molar refractivity (Wildman–Crippen MR) is 171 cm³/mol. The Kier molecular flexibility index (Phi) is 14.9. The van der Waals surface area contributed by atoms with Crippen LogP contribution in [-0.2, 0) is 16.0 Å². The highest BCUT2D eigenvalue weighted by atomic mass is 16.6. The minimum atomic E-state index is -2.15. The van der Waals surface area contributed by atoms with Crippen LogP contribution in [-0.4, -0.2) is 79.3 Å². The Hall–Kier alpha value is -1.91. The van der Waals surface area contributed by atoms with Gasteiger partial charge in [0, 0.05) is 12.0 Å². The molecule has 0 spiro atoms. The van der Waals surface area contributed by atoms with Gasteiger partial charge in [-0.05, 0) is 75.0 Å². The van der Waals surface area contributed by atoms with E-state index in [-0.39, 0.29) is 12.2 Å². The number of aliphatic hydroxyl groups is 5. The molecule has 1 aliphatic rings. The van der Waals surface area contributed by atoms with Crippen molar-refractivity contribution in [2.75, 3.05) is 6.61 Å². The number of aromatic hydroxyl groups is 1. The molecule has 6 N–H and O–H groups in total. The number of carbonyl (C=O) groups is 1. The van der Waals surface area contributed by atoms with Crippen molar-refractivity contribution in [2.24, 2.45) is 17.8 Å². The number of aliphatic hydroxyl groups excluding tert-OH is 5. The highest BCUT2D eigenvalue weighted by molar-refractivity contribution is 5.75. The molecule has 1 aromatic rings. The molecule has 1 aromatic carbocycles. The monoisotopic (exact) mass is 624 g/mol. The minimum Gasteiger partial charge on any atom is -0.507 e. The fourth-order valence-electron chi connectivity index (χ4n) is 6.28. The lowest BCUT2D eigenvalue weighted by molar-refractivity contribution is -0.186. The van der Waals surface area contributed by atoms with E-state index in [1.54, 1.807) is 6.92 Å². The summed E-state index contributed by atoms with van der Waals surface area (Å²) in [5.41, 5.74) is 1.91. The van der Waals surface area contributed by atoms with Crippen molar-refractivity contribution in [1.82, 2.24) is 0 Å². The Balaban J connectivity index is 2.13. The summed E-state index contributed by atoms with van der Waals surface area (Å²) in [5.74, 6) is 1.66. The first-order chi connectivity index (χ1) is 20.5. The maximum Gasteiger partial charge on any atom is 0.338 e. The van der Waals surface area contributed by atoms with E-state index in [9.17, 15) is 30.3 Å². The van der Waals surface area contributed by atoms with E-state index in [0.29, 0.717) is 29.2 Å². The zero-order valence-corrected chi connectivity index (χ0v) is 28.3. The Morgan fingerprint density at radius 1 is 0.864 bits per heavy atom. The molecule has 5 unspecified atom stereocenters. The van der Waals surface area contributed by atoms with Crippen LogP contribution in [0, 0.1) is 38.5 Å². The topological polar surface area (TPSA) is 157 Å². The predicted octanol–water partition coefficient (Wildman–Crippen LogP) is 4.80. The molecule has 0 saturated heterocycles. The van der Waals surface area contributed by atoms with Crippen molar-refractivity contribution < 1.29 is 44.9 Å². The number of ether oxygens (including phenoxy) is 2. The summed E-state index contributed by atoms with van der Waals surface area (Å²) < 4.78 is 12.4. The van der Waals surface area contributed by atoms with Crippen molar-refractivity contribution in [2.45, 2.75) is 156 Å². The molecule has 0 amide bonds. The molecule has 0 aromatic heterocycles. The third-order valence-corrected chi connectivity index (χ3v) is 9.74. The van der Waals surface area contributed by atoms with Gasteiger partial charge in [0.2, 0.25) is 0 Å². The van der Waals surface area contributed by atoms with Crippen molar-refractivity contribution in [1.29, 1.82) is 0 Å². The quantitative estimate of drug-likeness (QED) is 0.126. The largest absolute Gasteiger partial charge is 0.507 e. The van der Waals surface area contributed by atoms with E-state index in [2.05, 4.69) is 27.7 Å². The van der Waals surface area contributed by atoms with Gasteiger partial charge in [-0.15, -0.1) is 0 Å². The number of rotatable bonds is 18. The Morgan fingerprint density at radius 3 is 1.95 bits per heavy atom. The highest BCUT2D eigenvalue weighted by Crippen LogP contribution is 2.45. The minimum absolute atomic E-state index is 0.151. The van der Waals surface area contributed by atoms with Gasteiger partial charge in [0.05, 0.1) is 6.61 Å². The third-order valence-electron chi connectivity index (χ3n) is 9.74. The van der Waals surface area contributed by atoms with Gasteiger partial charge in [0.25, 0.3) is 0 Å². The smallest absolute Gasteiger partial charge is 0.338 e. The molecule has 1 aliphatic heterocycles. The maximum absolute atomic E-state index is 13.0. The van der Waals surface area contributed by atoms with Gasteiger partial charge in [0.1, 0.15) is 41.5 Å². The normalized spacial score (nSPS) is 22.5. The van der Waals surface area contributed by atoms with E-state index >= 15 is 0 Å². The number of phenolic OH excluding ortho intramolecular Hbond substituents is 1. The maximum atomic E-state index is 13.0. The van der Waals surface area contributed by atoms with Gasteiger partial charge in [-0.3, -0.25) is 0 Å². The Bertz CT molecular complexity index is 1060. The van der Waals surface area contributed by atoms with Crippen LogP contribution in [0.1, 0.15) is 115 Å². The number of carbonyl (C=O) groups excluding carboxylic acids is 1. The van der Waals surface area contributed by atoms with Gasteiger partial charge >= 0.3 is 5.97 Å². The van der Waals surface area contributed by atoms with Gasteiger partial charge in [-0.2, -0.15) is 0 Å². The van der Waals surface area contributed by atoms with Gasteiger partial charge < -0.3 is 40.1 Å². The fraction of sp³-hybridized carbons (Fsp3) is 0.800. The van der Waals surface area contributed by atoms with Crippen LogP contribution >= 0.6 is 0 Å². The molecule has 9 heteroatoms. The third kappa shape index (κ3) is 10.0. The molecular formula is C35H60O9. The molecule has 0 saturated carbocycles. The lowest BCUT2D eigenvalue weighted by atomic mass is 9.81. The van der Waals surface area contributed by atoms with Gasteiger partial charge in [-0.25, -0.2) is 4.79 Å². The summed E-state index contributed by atoms with van der Waals surface area (Å²) in [5, 5.41) is 60.2. The first-order valence-electron chi connectivity index (χ1n) is 16.6. The molecule has 0 aliphatic carbocycles. The molecule has 1 heterocycles. The molecule has 254 valence electrons.